The maximum Gasteiger partial charge on any atom is 0.163 e. The molecule has 0 radical (unpaired) electrons. The van der Waals surface area contributed by atoms with Crippen LogP contribution in [0, 0.1) is 11.2 Å². The number of allylic oxidation sites excluding steroid dienone is 1. The van der Waals surface area contributed by atoms with Crippen LogP contribution >= 0.6 is 23.5 Å². The number of benzene rings is 2. The van der Waals surface area contributed by atoms with E-state index in [1.807, 2.05) is 57.0 Å². The van der Waals surface area contributed by atoms with Crippen molar-refractivity contribution < 1.29 is 9.50 Å². The zero-order chi connectivity index (χ0) is 29.9. The Balaban J connectivity index is 0.00000178. The molecule has 0 bridgehead atoms. The van der Waals surface area contributed by atoms with Crippen molar-refractivity contribution in [2.45, 2.75) is 44.6 Å². The van der Waals surface area contributed by atoms with Gasteiger partial charge in [0.2, 0.25) is 0 Å². The second-order valence-corrected chi connectivity index (χ2v) is 10.8. The van der Waals surface area contributed by atoms with Crippen LogP contribution in [0.25, 0.3) is 11.4 Å². The number of nitrogen functional groups attached to an aromatic ring is 1. The van der Waals surface area contributed by atoms with E-state index in [0.29, 0.717) is 53.2 Å². The van der Waals surface area contributed by atoms with Gasteiger partial charge >= 0.3 is 0 Å². The molecule has 0 aliphatic carbocycles. The highest BCUT2D eigenvalue weighted by atomic mass is 35.5. The monoisotopic (exact) mass is 587 g/mol. The normalized spacial score (nSPS) is 12.2. The van der Waals surface area contributed by atoms with Crippen LogP contribution in [0.4, 0.5) is 21.7 Å². The van der Waals surface area contributed by atoms with Crippen LogP contribution in [-0.2, 0) is 0 Å². The van der Waals surface area contributed by atoms with Gasteiger partial charge in [-0.2, -0.15) is 0 Å². The molecule has 216 valence electrons. The maximum absolute atomic E-state index is 14.0. The fourth-order valence-corrected chi connectivity index (χ4v) is 4.55. The number of rotatable bonds is 12. The molecule has 6 N–H and O–H groups in total. The summed E-state index contributed by atoms with van der Waals surface area (Å²) in [4.78, 5) is 11.5. The molecule has 0 aliphatic heterocycles. The number of aromatic nitrogens is 2. The van der Waals surface area contributed by atoms with E-state index in [9.17, 15) is 9.50 Å². The zero-order valence-corrected chi connectivity index (χ0v) is 25.3. The number of likely N-dealkylation sites (N-methyl/N-ethyl adjacent to an activating group) is 1. The molecule has 1 unspecified atom stereocenters. The van der Waals surface area contributed by atoms with Crippen LogP contribution in [0.1, 0.15) is 39.7 Å². The van der Waals surface area contributed by atoms with Crippen molar-refractivity contribution in [3.8, 4) is 11.4 Å². The zero-order valence-electron chi connectivity index (χ0n) is 23.7. The average molecular weight is 588 g/mol. The number of halogens is 2. The summed E-state index contributed by atoms with van der Waals surface area (Å²) in [7, 11) is 1.95. The van der Waals surface area contributed by atoms with Crippen LogP contribution in [0.3, 0.4) is 0 Å². The van der Waals surface area contributed by atoms with Gasteiger partial charge in [0.1, 0.15) is 17.5 Å². The smallest absolute Gasteiger partial charge is 0.163 e. The molecule has 3 aromatic rings. The van der Waals surface area contributed by atoms with E-state index in [2.05, 4.69) is 26.6 Å². The van der Waals surface area contributed by atoms with Crippen molar-refractivity contribution in [2.75, 3.05) is 42.5 Å². The topological polar surface area (TPSA) is 123 Å². The van der Waals surface area contributed by atoms with Gasteiger partial charge in [0.05, 0.1) is 16.1 Å². The van der Waals surface area contributed by atoms with Crippen LogP contribution in [0.15, 0.2) is 60.0 Å². The van der Waals surface area contributed by atoms with Gasteiger partial charge in [-0.3, -0.25) is 0 Å². The first-order valence-corrected chi connectivity index (χ1v) is 14.0. The molecule has 40 heavy (non-hydrogen) atoms. The van der Waals surface area contributed by atoms with Crippen LogP contribution in [0.5, 0.6) is 0 Å². The summed E-state index contributed by atoms with van der Waals surface area (Å²) < 4.78 is 17.1. The number of aliphatic hydroxyl groups is 1. The molecule has 0 amide bonds. The quantitative estimate of drug-likeness (QED) is 0.0898. The highest BCUT2D eigenvalue weighted by Gasteiger charge is 2.20. The second-order valence-electron chi connectivity index (χ2n) is 9.56. The largest absolute Gasteiger partial charge is 0.389 e. The Labute approximate surface area is 245 Å². The van der Waals surface area contributed by atoms with Crippen molar-refractivity contribution in [3.63, 3.8) is 0 Å². The number of hydrogen-bond acceptors (Lipinski definition) is 9. The molecule has 11 heteroatoms. The molecule has 2 aromatic carbocycles. The van der Waals surface area contributed by atoms with Crippen LogP contribution in [-0.4, -0.2) is 58.0 Å². The van der Waals surface area contributed by atoms with Crippen molar-refractivity contribution in [1.29, 1.82) is 5.41 Å². The molecule has 0 saturated carbocycles. The van der Waals surface area contributed by atoms with Gasteiger partial charge < -0.3 is 31.2 Å². The summed E-state index contributed by atoms with van der Waals surface area (Å²) in [5.74, 6) is 0.773. The summed E-state index contributed by atoms with van der Waals surface area (Å²) in [6.45, 7) is 12.4. The molecule has 3 rings (SSSR count). The van der Waals surface area contributed by atoms with E-state index < -0.39 is 5.60 Å². The van der Waals surface area contributed by atoms with Crippen molar-refractivity contribution in [1.82, 2.24) is 14.9 Å². The number of hydrogen-bond donors (Lipinski definition) is 5. The molecule has 1 heterocycles. The van der Waals surface area contributed by atoms with Crippen molar-refractivity contribution >= 4 is 46.6 Å². The highest BCUT2D eigenvalue weighted by molar-refractivity contribution is 8.00. The van der Waals surface area contributed by atoms with Gasteiger partial charge in [0.25, 0.3) is 0 Å². The van der Waals surface area contributed by atoms with E-state index in [0.717, 1.165) is 23.2 Å². The molecule has 0 saturated heterocycles. The number of nitrogens with zero attached hydrogens (tertiary/aromatic N) is 3. The maximum atomic E-state index is 14.0. The highest BCUT2D eigenvalue weighted by Crippen LogP contribution is 2.29. The first-order valence-electron chi connectivity index (χ1n) is 12.8. The lowest BCUT2D eigenvalue weighted by molar-refractivity contribution is 0.0247. The molecule has 1 atom stereocenters. The third kappa shape index (κ3) is 10.1. The predicted octanol–water partition coefficient (Wildman–Crippen LogP) is 6.72. The second kappa shape index (κ2) is 15.6. The van der Waals surface area contributed by atoms with E-state index in [4.69, 9.17) is 22.7 Å². The van der Waals surface area contributed by atoms with E-state index >= 15 is 0 Å². The lowest BCUT2D eigenvalue weighted by Crippen LogP contribution is -2.40. The fraction of sp³-hybridized carbons (Fsp3) is 0.345. The summed E-state index contributed by atoms with van der Waals surface area (Å²) in [5.41, 5.74) is 7.70. The molecule has 0 fully saturated rings. The van der Waals surface area contributed by atoms with Gasteiger partial charge in [0.15, 0.2) is 5.82 Å². The minimum absolute atomic E-state index is 0.219. The van der Waals surface area contributed by atoms with Gasteiger partial charge in [0, 0.05) is 41.6 Å². The minimum atomic E-state index is -0.750. The van der Waals surface area contributed by atoms with Gasteiger partial charge in [-0.25, -0.2) is 14.4 Å². The average Bonchev–Trinajstić information content (AvgIpc) is 2.89. The van der Waals surface area contributed by atoms with Gasteiger partial charge in [-0.15, -0.1) is 6.58 Å². The van der Waals surface area contributed by atoms with Gasteiger partial charge in [-0.05, 0) is 88.7 Å². The summed E-state index contributed by atoms with van der Waals surface area (Å²) in [6.07, 6.45) is 2.41. The predicted molar refractivity (Wildman–Crippen MR) is 168 cm³/mol. The Morgan fingerprint density at radius 3 is 2.52 bits per heavy atom. The molecular weight excluding hydrogens is 549 g/mol. The Bertz CT molecular complexity index is 1290. The SMILES string of the molecule is C=CC.CCC(C)(O)CN(C)CCNc1nc(-c2ccc(NSc3cc(Cl)ccc3F)cc2)nc(N)c1C(C)=N. The minimum Gasteiger partial charge on any atom is -0.389 e. The number of nitrogens with one attached hydrogen (secondary N) is 3. The first kappa shape index (κ1) is 33.0. The third-order valence-corrected chi connectivity index (χ3v) is 6.89. The summed E-state index contributed by atoms with van der Waals surface area (Å²) in [6, 6.07) is 11.7. The standard InChI is InChI=1S/C26H33ClFN7OS.C3H6/c1-5-26(3,36)15-35(4)13-12-31-25-22(16(2)29)23(30)32-24(33-25)17-6-9-19(10-7-17)34-37-21-14-18(27)8-11-20(21)28;1-3-2/h6-11,14,29,34,36H,5,12-13,15H2,1-4H3,(H3,30,31,32,33);3H,1H2,2H3. The summed E-state index contributed by atoms with van der Waals surface area (Å²) >= 11 is 7.09. The number of nitrogens with two attached hydrogens (primary N) is 1. The molecule has 1 aromatic heterocycles. The van der Waals surface area contributed by atoms with Crippen molar-refractivity contribution in [3.05, 3.63) is 71.5 Å². The Morgan fingerprint density at radius 1 is 1.27 bits per heavy atom. The van der Waals surface area contributed by atoms with E-state index in [1.165, 1.54) is 12.1 Å². The van der Waals surface area contributed by atoms with E-state index in [-0.39, 0.29) is 17.3 Å². The van der Waals surface area contributed by atoms with Crippen LogP contribution < -0.4 is 15.8 Å². The molecule has 8 nitrogen and oxygen atoms in total. The first-order chi connectivity index (χ1) is 18.9. The Morgan fingerprint density at radius 2 is 1.93 bits per heavy atom. The molecule has 0 aliphatic rings. The lowest BCUT2D eigenvalue weighted by Gasteiger charge is -2.28. The number of anilines is 3. The molecule has 0 spiro atoms. The third-order valence-electron chi connectivity index (χ3n) is 5.79. The van der Waals surface area contributed by atoms with Crippen molar-refractivity contribution in [2.24, 2.45) is 0 Å². The lowest BCUT2D eigenvalue weighted by atomic mass is 10.0. The Hall–Kier alpha value is -3.18. The summed E-state index contributed by atoms with van der Waals surface area (Å²) in [5, 5.41) is 22.2. The van der Waals surface area contributed by atoms with Crippen LogP contribution in [0.2, 0.25) is 5.02 Å². The van der Waals surface area contributed by atoms with E-state index in [1.54, 1.807) is 19.1 Å². The Kier molecular flexibility index (Phi) is 12.9. The molecular formula is C29H39ClFN7OS. The van der Waals surface area contributed by atoms with Gasteiger partial charge in [-0.1, -0.05) is 24.6 Å². The fourth-order valence-electron chi connectivity index (χ4n) is 3.60.